The number of aliphatic hydroxyl groups is 1. The van der Waals surface area contributed by atoms with Gasteiger partial charge in [-0.1, -0.05) is 12.1 Å². The molecule has 0 amide bonds. The van der Waals surface area contributed by atoms with Crippen LogP contribution < -0.4 is 4.90 Å². The topological polar surface area (TPSA) is 58.5 Å². The lowest BCUT2D eigenvalue weighted by molar-refractivity contribution is 0.0158. The van der Waals surface area contributed by atoms with Crippen molar-refractivity contribution in [2.75, 3.05) is 31.2 Å². The first-order chi connectivity index (χ1) is 9.88. The van der Waals surface area contributed by atoms with Crippen LogP contribution in [0.3, 0.4) is 0 Å². The Kier molecular flexibility index (Phi) is 4.08. The molecule has 106 valence electrons. The summed E-state index contributed by atoms with van der Waals surface area (Å²) < 4.78 is 5.59. The number of hydrogen-bond donors (Lipinski definition) is 1. The van der Waals surface area contributed by atoms with E-state index in [0.717, 1.165) is 42.7 Å². The van der Waals surface area contributed by atoms with E-state index in [1.165, 1.54) is 0 Å². The highest BCUT2D eigenvalue weighted by atomic mass is 16.5. The Morgan fingerprint density at radius 3 is 2.80 bits per heavy atom. The minimum atomic E-state index is 0.0940. The summed E-state index contributed by atoms with van der Waals surface area (Å²) in [7, 11) is 0. The fourth-order valence-electron chi connectivity index (χ4n) is 2.70. The van der Waals surface area contributed by atoms with Gasteiger partial charge in [0, 0.05) is 18.5 Å². The number of rotatable bonds is 4. The number of piperidine rings is 1. The van der Waals surface area contributed by atoms with Gasteiger partial charge in [0.1, 0.15) is 12.1 Å². The maximum atomic E-state index is 8.79. The number of nitrogens with zero attached hydrogens (tertiary/aromatic N) is 3. The normalized spacial score (nSPS) is 16.8. The third kappa shape index (κ3) is 2.73. The molecule has 0 unspecified atom stereocenters. The van der Waals surface area contributed by atoms with Crippen molar-refractivity contribution < 1.29 is 9.84 Å². The molecule has 5 heteroatoms. The van der Waals surface area contributed by atoms with E-state index in [-0.39, 0.29) is 12.7 Å². The summed E-state index contributed by atoms with van der Waals surface area (Å²) in [4.78, 5) is 11.0. The SMILES string of the molecule is OCCOC1CCN(c2ncnc3ccccc23)CC1. The van der Waals surface area contributed by atoms with Gasteiger partial charge in [-0.2, -0.15) is 0 Å². The van der Waals surface area contributed by atoms with Gasteiger partial charge in [-0.25, -0.2) is 9.97 Å². The van der Waals surface area contributed by atoms with E-state index in [0.29, 0.717) is 6.61 Å². The molecule has 5 nitrogen and oxygen atoms in total. The first-order valence-electron chi connectivity index (χ1n) is 7.05. The molecule has 0 aliphatic carbocycles. The minimum Gasteiger partial charge on any atom is -0.394 e. The Labute approximate surface area is 118 Å². The van der Waals surface area contributed by atoms with Crippen LogP contribution in [0.4, 0.5) is 5.82 Å². The molecule has 2 heterocycles. The Morgan fingerprint density at radius 1 is 1.20 bits per heavy atom. The molecule has 1 saturated heterocycles. The molecule has 2 aromatic rings. The molecule has 0 bridgehead atoms. The molecule has 0 radical (unpaired) electrons. The van der Waals surface area contributed by atoms with Gasteiger partial charge >= 0.3 is 0 Å². The van der Waals surface area contributed by atoms with Gasteiger partial charge in [-0.3, -0.25) is 0 Å². The van der Waals surface area contributed by atoms with E-state index in [9.17, 15) is 0 Å². The van der Waals surface area contributed by atoms with Crippen molar-refractivity contribution in [2.24, 2.45) is 0 Å². The predicted octanol–water partition coefficient (Wildman–Crippen LogP) is 1.61. The fraction of sp³-hybridized carbons (Fsp3) is 0.467. The van der Waals surface area contributed by atoms with E-state index in [4.69, 9.17) is 9.84 Å². The van der Waals surface area contributed by atoms with Crippen LogP contribution in [-0.2, 0) is 4.74 Å². The molecular formula is C15H19N3O2. The fourth-order valence-corrected chi connectivity index (χ4v) is 2.70. The molecule has 0 atom stereocenters. The maximum Gasteiger partial charge on any atom is 0.139 e. The van der Waals surface area contributed by atoms with Crippen molar-refractivity contribution in [2.45, 2.75) is 18.9 Å². The van der Waals surface area contributed by atoms with Crippen molar-refractivity contribution >= 4 is 16.7 Å². The Balaban J connectivity index is 1.74. The molecule has 1 aliphatic heterocycles. The lowest BCUT2D eigenvalue weighted by Crippen LogP contribution is -2.38. The summed E-state index contributed by atoms with van der Waals surface area (Å²) in [5.74, 6) is 1.01. The summed E-state index contributed by atoms with van der Waals surface area (Å²) in [6, 6.07) is 8.09. The van der Waals surface area contributed by atoms with Crippen molar-refractivity contribution in [3.8, 4) is 0 Å². The first-order valence-corrected chi connectivity index (χ1v) is 7.05. The smallest absolute Gasteiger partial charge is 0.139 e. The quantitative estimate of drug-likeness (QED) is 0.917. The zero-order valence-electron chi connectivity index (χ0n) is 11.4. The van der Waals surface area contributed by atoms with E-state index >= 15 is 0 Å². The van der Waals surface area contributed by atoms with E-state index in [1.54, 1.807) is 6.33 Å². The zero-order chi connectivity index (χ0) is 13.8. The van der Waals surface area contributed by atoms with Gasteiger partial charge < -0.3 is 14.7 Å². The highest BCUT2D eigenvalue weighted by molar-refractivity contribution is 5.89. The van der Waals surface area contributed by atoms with Crippen LogP contribution in [0, 0.1) is 0 Å². The highest BCUT2D eigenvalue weighted by Crippen LogP contribution is 2.25. The second-order valence-corrected chi connectivity index (χ2v) is 5.00. The summed E-state index contributed by atoms with van der Waals surface area (Å²) >= 11 is 0. The zero-order valence-corrected chi connectivity index (χ0v) is 11.4. The van der Waals surface area contributed by atoms with Gasteiger partial charge in [0.15, 0.2) is 0 Å². The average Bonchev–Trinajstić information content (AvgIpc) is 2.53. The van der Waals surface area contributed by atoms with Gasteiger partial charge in [0.25, 0.3) is 0 Å². The van der Waals surface area contributed by atoms with Gasteiger partial charge in [0.05, 0.1) is 24.8 Å². The van der Waals surface area contributed by atoms with Gasteiger partial charge in [-0.15, -0.1) is 0 Å². The predicted molar refractivity (Wildman–Crippen MR) is 77.8 cm³/mol. The van der Waals surface area contributed by atoms with Crippen molar-refractivity contribution in [1.29, 1.82) is 0 Å². The number of aliphatic hydroxyl groups excluding tert-OH is 1. The van der Waals surface area contributed by atoms with Crippen LogP contribution in [0.1, 0.15) is 12.8 Å². The Bertz CT molecular complexity index is 563. The number of ether oxygens (including phenoxy) is 1. The Morgan fingerprint density at radius 2 is 2.00 bits per heavy atom. The van der Waals surface area contributed by atoms with Crippen molar-refractivity contribution in [3.63, 3.8) is 0 Å². The third-order valence-electron chi connectivity index (χ3n) is 3.71. The van der Waals surface area contributed by atoms with Crippen molar-refractivity contribution in [1.82, 2.24) is 9.97 Å². The standard InChI is InChI=1S/C15H19N3O2/c19-9-10-20-12-5-7-18(8-6-12)15-13-3-1-2-4-14(13)16-11-17-15/h1-4,11-12,19H,5-10H2. The molecule has 0 saturated carbocycles. The largest absolute Gasteiger partial charge is 0.394 e. The average molecular weight is 273 g/mol. The number of fused-ring (bicyclic) bond motifs is 1. The molecule has 0 spiro atoms. The summed E-state index contributed by atoms with van der Waals surface area (Å²) in [5.41, 5.74) is 0.983. The second-order valence-electron chi connectivity index (χ2n) is 5.00. The van der Waals surface area contributed by atoms with E-state index < -0.39 is 0 Å². The summed E-state index contributed by atoms with van der Waals surface area (Å²) in [6.07, 6.45) is 3.83. The molecule has 1 aliphatic rings. The summed E-state index contributed by atoms with van der Waals surface area (Å²) in [6.45, 7) is 2.38. The second kappa shape index (κ2) is 6.15. The van der Waals surface area contributed by atoms with Crippen LogP contribution in [0.25, 0.3) is 10.9 Å². The number of aromatic nitrogens is 2. The lowest BCUT2D eigenvalue weighted by atomic mass is 10.1. The van der Waals surface area contributed by atoms with Crippen LogP contribution >= 0.6 is 0 Å². The Hall–Kier alpha value is -1.72. The van der Waals surface area contributed by atoms with E-state index in [2.05, 4.69) is 20.9 Å². The first kappa shape index (κ1) is 13.3. The molecule has 3 rings (SSSR count). The lowest BCUT2D eigenvalue weighted by Gasteiger charge is -2.33. The molecule has 1 N–H and O–H groups in total. The van der Waals surface area contributed by atoms with Crippen LogP contribution in [-0.4, -0.2) is 47.5 Å². The van der Waals surface area contributed by atoms with Gasteiger partial charge in [0.2, 0.25) is 0 Å². The molecule has 1 fully saturated rings. The molecule has 20 heavy (non-hydrogen) atoms. The molecule has 1 aromatic heterocycles. The number of hydrogen-bond acceptors (Lipinski definition) is 5. The number of para-hydroxylation sites is 1. The number of benzene rings is 1. The number of anilines is 1. The van der Waals surface area contributed by atoms with Crippen LogP contribution in [0.5, 0.6) is 0 Å². The van der Waals surface area contributed by atoms with Crippen LogP contribution in [0.2, 0.25) is 0 Å². The van der Waals surface area contributed by atoms with E-state index in [1.807, 2.05) is 18.2 Å². The van der Waals surface area contributed by atoms with Crippen LogP contribution in [0.15, 0.2) is 30.6 Å². The van der Waals surface area contributed by atoms with Crippen molar-refractivity contribution in [3.05, 3.63) is 30.6 Å². The molecular weight excluding hydrogens is 254 g/mol. The monoisotopic (exact) mass is 273 g/mol. The minimum absolute atomic E-state index is 0.0940. The summed E-state index contributed by atoms with van der Waals surface area (Å²) in [5, 5.41) is 9.89. The third-order valence-corrected chi connectivity index (χ3v) is 3.71. The maximum absolute atomic E-state index is 8.79. The van der Waals surface area contributed by atoms with Gasteiger partial charge in [-0.05, 0) is 25.0 Å². The highest BCUT2D eigenvalue weighted by Gasteiger charge is 2.21. The molecule has 1 aromatic carbocycles.